The van der Waals surface area contributed by atoms with Crippen LogP contribution in [0.15, 0.2) is 54.6 Å². The Balaban J connectivity index is 2.32. The fourth-order valence-electron chi connectivity index (χ4n) is 3.18. The number of rotatable bonds is 11. The molecule has 2 aromatic rings. The van der Waals surface area contributed by atoms with Crippen LogP contribution in [0.25, 0.3) is 0 Å². The molecular formula is C24H33N3O5S. The number of sulfonamides is 1. The Morgan fingerprint density at radius 1 is 1.00 bits per heavy atom. The van der Waals surface area contributed by atoms with Gasteiger partial charge in [-0.05, 0) is 42.7 Å². The summed E-state index contributed by atoms with van der Waals surface area (Å²) in [4.78, 5) is 27.6. The molecule has 0 bridgehead atoms. The number of benzene rings is 2. The van der Waals surface area contributed by atoms with E-state index in [1.807, 2.05) is 44.2 Å². The van der Waals surface area contributed by atoms with Gasteiger partial charge in [0.2, 0.25) is 21.8 Å². The van der Waals surface area contributed by atoms with Gasteiger partial charge in [-0.15, -0.1) is 0 Å². The molecule has 0 fully saturated rings. The Labute approximate surface area is 196 Å². The summed E-state index contributed by atoms with van der Waals surface area (Å²) in [5.74, 6) is 0.0607. The molecule has 0 aliphatic rings. The quantitative estimate of drug-likeness (QED) is 0.539. The Hall–Kier alpha value is -3.07. The monoisotopic (exact) mass is 475 g/mol. The second-order valence-electron chi connectivity index (χ2n) is 8.29. The molecule has 0 unspecified atom stereocenters. The number of nitrogens with one attached hydrogen (secondary N) is 1. The minimum absolute atomic E-state index is 0.177. The first-order chi connectivity index (χ1) is 15.5. The fourth-order valence-corrected chi connectivity index (χ4v) is 4.03. The fraction of sp³-hybridized carbons (Fsp3) is 0.417. The van der Waals surface area contributed by atoms with E-state index >= 15 is 0 Å². The van der Waals surface area contributed by atoms with Crippen molar-refractivity contribution in [3.05, 3.63) is 60.2 Å². The predicted octanol–water partition coefficient (Wildman–Crippen LogP) is 2.65. The van der Waals surface area contributed by atoms with E-state index in [9.17, 15) is 18.0 Å². The number of hydrogen-bond acceptors (Lipinski definition) is 5. The molecule has 0 spiro atoms. The van der Waals surface area contributed by atoms with Crippen LogP contribution in [0.5, 0.6) is 5.75 Å². The molecular weight excluding hydrogens is 442 g/mol. The summed E-state index contributed by atoms with van der Waals surface area (Å²) in [6.45, 7) is 5.84. The van der Waals surface area contributed by atoms with Gasteiger partial charge in [0.1, 0.15) is 18.3 Å². The van der Waals surface area contributed by atoms with E-state index in [1.54, 1.807) is 31.2 Å². The van der Waals surface area contributed by atoms with Gasteiger partial charge in [0.15, 0.2) is 0 Å². The van der Waals surface area contributed by atoms with Gasteiger partial charge in [0.25, 0.3) is 0 Å². The Morgan fingerprint density at radius 3 is 2.12 bits per heavy atom. The lowest BCUT2D eigenvalue weighted by atomic mass is 10.1. The molecule has 1 N–H and O–H groups in total. The number of nitrogens with zero attached hydrogens (tertiary/aromatic N) is 2. The highest BCUT2D eigenvalue weighted by atomic mass is 32.2. The van der Waals surface area contributed by atoms with Crippen molar-refractivity contribution in [3.8, 4) is 5.75 Å². The first-order valence-corrected chi connectivity index (χ1v) is 12.6. The van der Waals surface area contributed by atoms with E-state index in [-0.39, 0.29) is 18.4 Å². The van der Waals surface area contributed by atoms with E-state index in [0.717, 1.165) is 16.1 Å². The second kappa shape index (κ2) is 11.7. The van der Waals surface area contributed by atoms with E-state index in [1.165, 1.54) is 12.0 Å². The van der Waals surface area contributed by atoms with Crippen LogP contribution >= 0.6 is 0 Å². The largest absolute Gasteiger partial charge is 0.497 e. The molecule has 2 aromatic carbocycles. The Kier molecular flexibility index (Phi) is 9.28. The zero-order chi connectivity index (χ0) is 24.6. The Morgan fingerprint density at radius 2 is 1.61 bits per heavy atom. The maximum Gasteiger partial charge on any atom is 0.244 e. The summed E-state index contributed by atoms with van der Waals surface area (Å²) in [6, 6.07) is 14.9. The van der Waals surface area contributed by atoms with Crippen molar-refractivity contribution in [1.29, 1.82) is 0 Å². The average molecular weight is 476 g/mol. The third-order valence-electron chi connectivity index (χ3n) is 5.09. The third-order valence-corrected chi connectivity index (χ3v) is 6.23. The first-order valence-electron chi connectivity index (χ1n) is 10.8. The van der Waals surface area contributed by atoms with Gasteiger partial charge in [0.05, 0.1) is 19.1 Å². The van der Waals surface area contributed by atoms with Crippen molar-refractivity contribution < 1.29 is 22.7 Å². The van der Waals surface area contributed by atoms with E-state index in [0.29, 0.717) is 18.0 Å². The number of amides is 2. The van der Waals surface area contributed by atoms with Crippen LogP contribution in [-0.2, 0) is 26.2 Å². The van der Waals surface area contributed by atoms with Crippen LogP contribution in [0.2, 0.25) is 0 Å². The molecule has 0 aromatic heterocycles. The molecule has 9 heteroatoms. The zero-order valence-corrected chi connectivity index (χ0v) is 20.6. The topological polar surface area (TPSA) is 96.0 Å². The molecule has 0 heterocycles. The predicted molar refractivity (Wildman–Crippen MR) is 129 cm³/mol. The molecule has 0 saturated carbocycles. The highest BCUT2D eigenvalue weighted by Crippen LogP contribution is 2.22. The van der Waals surface area contributed by atoms with Gasteiger partial charge in [0, 0.05) is 13.1 Å². The minimum atomic E-state index is -3.76. The number of hydrogen-bond donors (Lipinski definition) is 1. The van der Waals surface area contributed by atoms with Crippen molar-refractivity contribution >= 4 is 27.5 Å². The van der Waals surface area contributed by atoms with Gasteiger partial charge in [-0.1, -0.05) is 44.2 Å². The van der Waals surface area contributed by atoms with Crippen molar-refractivity contribution in [3.63, 3.8) is 0 Å². The molecule has 1 atom stereocenters. The number of carbonyl (C=O) groups excluding carboxylic acids is 2. The summed E-state index contributed by atoms with van der Waals surface area (Å²) >= 11 is 0. The van der Waals surface area contributed by atoms with Crippen molar-refractivity contribution in [2.75, 3.05) is 30.8 Å². The highest BCUT2D eigenvalue weighted by molar-refractivity contribution is 7.92. The third kappa shape index (κ3) is 7.78. The summed E-state index contributed by atoms with van der Waals surface area (Å²) in [5.41, 5.74) is 1.17. The van der Waals surface area contributed by atoms with Crippen LogP contribution in [0.3, 0.4) is 0 Å². The smallest absolute Gasteiger partial charge is 0.244 e. The molecule has 0 saturated heterocycles. The van der Waals surface area contributed by atoms with Crippen LogP contribution < -0.4 is 14.4 Å². The lowest BCUT2D eigenvalue weighted by Crippen LogP contribution is -2.51. The molecule has 0 aliphatic carbocycles. The van der Waals surface area contributed by atoms with E-state index in [2.05, 4.69) is 5.32 Å². The normalized spacial score (nSPS) is 12.2. The average Bonchev–Trinajstić information content (AvgIpc) is 2.78. The summed E-state index contributed by atoms with van der Waals surface area (Å²) in [5, 5.41) is 2.85. The van der Waals surface area contributed by atoms with E-state index in [4.69, 9.17) is 4.74 Å². The molecule has 0 aliphatic heterocycles. The van der Waals surface area contributed by atoms with Gasteiger partial charge < -0.3 is 15.0 Å². The summed E-state index contributed by atoms with van der Waals surface area (Å²) in [6.07, 6.45) is 1.05. The molecule has 2 rings (SSSR count). The lowest BCUT2D eigenvalue weighted by Gasteiger charge is -2.31. The van der Waals surface area contributed by atoms with Crippen LogP contribution in [0.4, 0.5) is 5.69 Å². The van der Waals surface area contributed by atoms with Gasteiger partial charge >= 0.3 is 0 Å². The zero-order valence-electron chi connectivity index (χ0n) is 19.8. The van der Waals surface area contributed by atoms with Gasteiger partial charge in [-0.2, -0.15) is 0 Å². The first kappa shape index (κ1) is 26.2. The van der Waals surface area contributed by atoms with Crippen molar-refractivity contribution in [2.24, 2.45) is 5.92 Å². The van der Waals surface area contributed by atoms with Crippen LogP contribution in [0, 0.1) is 5.92 Å². The van der Waals surface area contributed by atoms with Gasteiger partial charge in [-0.25, -0.2) is 8.42 Å². The number of carbonyl (C=O) groups is 2. The molecule has 8 nitrogen and oxygen atoms in total. The number of ether oxygens (including phenoxy) is 1. The van der Waals surface area contributed by atoms with Crippen molar-refractivity contribution in [2.45, 2.75) is 33.4 Å². The van der Waals surface area contributed by atoms with Crippen LogP contribution in [-0.4, -0.2) is 57.6 Å². The number of methoxy groups -OCH3 is 1. The second-order valence-corrected chi connectivity index (χ2v) is 10.2. The lowest BCUT2D eigenvalue weighted by molar-refractivity contribution is -0.139. The molecule has 180 valence electrons. The minimum Gasteiger partial charge on any atom is -0.497 e. The van der Waals surface area contributed by atoms with Gasteiger partial charge in [-0.3, -0.25) is 13.9 Å². The van der Waals surface area contributed by atoms with E-state index < -0.39 is 28.5 Å². The summed E-state index contributed by atoms with van der Waals surface area (Å²) in [7, 11) is -2.25. The van der Waals surface area contributed by atoms with Crippen LogP contribution in [0.1, 0.15) is 26.3 Å². The standard InChI is InChI=1S/C24H33N3O5S/c1-18(2)15-25-24(29)19(3)26(16-20-9-7-6-8-10-20)23(28)17-27(33(5,30)31)21-11-13-22(32-4)14-12-21/h6-14,18-19H,15-17H2,1-5H3,(H,25,29)/t19-/m1/s1. The Bertz CT molecular complexity index is 1020. The van der Waals surface area contributed by atoms with Crippen molar-refractivity contribution in [1.82, 2.24) is 10.2 Å². The maximum atomic E-state index is 13.4. The molecule has 0 radical (unpaired) electrons. The number of anilines is 1. The highest BCUT2D eigenvalue weighted by Gasteiger charge is 2.30. The summed E-state index contributed by atoms with van der Waals surface area (Å²) < 4.78 is 31.2. The molecule has 33 heavy (non-hydrogen) atoms. The molecule has 2 amide bonds. The SMILES string of the molecule is COc1ccc(N(CC(=O)N(Cc2ccccc2)[C@H](C)C(=O)NCC(C)C)S(C)(=O)=O)cc1. The maximum absolute atomic E-state index is 13.4.